The van der Waals surface area contributed by atoms with Gasteiger partial charge in [0.05, 0.1) is 0 Å². The highest BCUT2D eigenvalue weighted by atomic mass is 79.9. The average molecular weight is 475 g/mol. The number of thiocarbonyl (C=S) groups is 1. The fraction of sp³-hybridized carbons (Fsp3) is 0.381. The molecule has 0 bridgehead atoms. The molecule has 0 radical (unpaired) electrons. The van der Waals surface area contributed by atoms with E-state index in [0.29, 0.717) is 10.8 Å². The molecule has 4 rings (SSSR count). The third-order valence-corrected chi connectivity index (χ3v) is 6.55. The van der Waals surface area contributed by atoms with Crippen LogP contribution in [-0.4, -0.2) is 50.9 Å². The Kier molecular flexibility index (Phi) is 5.48. The summed E-state index contributed by atoms with van der Waals surface area (Å²) in [5.41, 5.74) is 2.27. The quantitative estimate of drug-likeness (QED) is 0.546. The number of likely N-dealkylation sites (N-methyl/N-ethyl adjacent to an activating group) is 1. The van der Waals surface area contributed by atoms with E-state index in [-0.39, 0.29) is 24.4 Å². The second-order valence-corrected chi connectivity index (χ2v) is 8.96. The Morgan fingerprint density at radius 3 is 2.86 bits per heavy atom. The van der Waals surface area contributed by atoms with Crippen molar-refractivity contribution in [3.8, 4) is 0 Å². The van der Waals surface area contributed by atoms with Gasteiger partial charge in [-0.2, -0.15) is 0 Å². The number of aromatic nitrogens is 1. The van der Waals surface area contributed by atoms with Gasteiger partial charge in [-0.05, 0) is 62.7 Å². The number of amides is 2. The SMILES string of the molecule is C[C@H]1CCCCN1C(=O)Cn1cc(/C=C2\NC(=S)N(C)C2=O)c2cc(Br)ccc21. The second kappa shape index (κ2) is 7.91. The lowest BCUT2D eigenvalue weighted by atomic mass is 10.0. The summed E-state index contributed by atoms with van der Waals surface area (Å²) in [6.45, 7) is 3.23. The maximum Gasteiger partial charge on any atom is 0.276 e. The van der Waals surface area contributed by atoms with Crippen molar-refractivity contribution in [1.29, 1.82) is 0 Å². The van der Waals surface area contributed by atoms with Gasteiger partial charge in [-0.15, -0.1) is 0 Å². The Bertz CT molecular complexity index is 1040. The van der Waals surface area contributed by atoms with E-state index >= 15 is 0 Å². The summed E-state index contributed by atoms with van der Waals surface area (Å²) < 4.78 is 2.91. The molecule has 1 aromatic heterocycles. The topological polar surface area (TPSA) is 57.6 Å². The van der Waals surface area contributed by atoms with Crippen molar-refractivity contribution in [3.05, 3.63) is 40.1 Å². The van der Waals surface area contributed by atoms with Crippen LogP contribution in [0.3, 0.4) is 0 Å². The highest BCUT2D eigenvalue weighted by Gasteiger charge is 2.28. The summed E-state index contributed by atoms with van der Waals surface area (Å²) in [6.07, 6.45) is 7.04. The highest BCUT2D eigenvalue weighted by Crippen LogP contribution is 2.28. The minimum Gasteiger partial charge on any atom is -0.338 e. The van der Waals surface area contributed by atoms with Crippen molar-refractivity contribution in [1.82, 2.24) is 19.7 Å². The zero-order valence-corrected chi connectivity index (χ0v) is 18.8. The normalized spacial score (nSPS) is 21.3. The monoisotopic (exact) mass is 474 g/mol. The van der Waals surface area contributed by atoms with Crippen LogP contribution < -0.4 is 5.32 Å². The maximum absolute atomic E-state index is 13.0. The molecule has 0 saturated carbocycles. The summed E-state index contributed by atoms with van der Waals surface area (Å²) in [6, 6.07) is 6.25. The average Bonchev–Trinajstić information content (AvgIpc) is 3.14. The summed E-state index contributed by atoms with van der Waals surface area (Å²) in [5.74, 6) is -0.0312. The largest absolute Gasteiger partial charge is 0.338 e. The van der Waals surface area contributed by atoms with Gasteiger partial charge in [0, 0.05) is 46.8 Å². The molecule has 1 N–H and O–H groups in total. The number of carbonyl (C=O) groups is 2. The molecule has 29 heavy (non-hydrogen) atoms. The van der Waals surface area contributed by atoms with Gasteiger partial charge in [-0.25, -0.2) is 0 Å². The summed E-state index contributed by atoms with van der Waals surface area (Å²) in [7, 11) is 1.65. The number of hydrogen-bond acceptors (Lipinski definition) is 3. The molecule has 2 aliphatic rings. The molecule has 3 heterocycles. The van der Waals surface area contributed by atoms with Crippen LogP contribution in [0.15, 0.2) is 34.6 Å². The fourth-order valence-electron chi connectivity index (χ4n) is 4.03. The van der Waals surface area contributed by atoms with Crippen molar-refractivity contribution < 1.29 is 9.59 Å². The zero-order valence-electron chi connectivity index (χ0n) is 16.4. The number of nitrogens with zero attached hydrogens (tertiary/aromatic N) is 3. The number of hydrogen-bond donors (Lipinski definition) is 1. The van der Waals surface area contributed by atoms with Gasteiger partial charge in [0.2, 0.25) is 5.91 Å². The van der Waals surface area contributed by atoms with Crippen LogP contribution in [0.2, 0.25) is 0 Å². The number of halogens is 1. The maximum atomic E-state index is 13.0. The Hall–Kier alpha value is -2.19. The first-order valence-corrected chi connectivity index (χ1v) is 10.9. The van der Waals surface area contributed by atoms with Crippen LogP contribution in [0.5, 0.6) is 0 Å². The van der Waals surface area contributed by atoms with Crippen molar-refractivity contribution in [2.75, 3.05) is 13.6 Å². The molecule has 2 saturated heterocycles. The molecular weight excluding hydrogens is 452 g/mol. The molecule has 2 aromatic rings. The molecule has 1 atom stereocenters. The van der Waals surface area contributed by atoms with E-state index in [0.717, 1.165) is 40.3 Å². The predicted octanol–water partition coefficient (Wildman–Crippen LogP) is 3.49. The first kappa shape index (κ1) is 20.1. The number of likely N-dealkylation sites (tertiary alicyclic amines) is 1. The number of carbonyl (C=O) groups excluding carboxylic acids is 2. The lowest BCUT2D eigenvalue weighted by Crippen LogP contribution is -2.43. The van der Waals surface area contributed by atoms with Crippen LogP contribution in [0.4, 0.5) is 0 Å². The number of piperidine rings is 1. The van der Waals surface area contributed by atoms with Crippen LogP contribution in [-0.2, 0) is 16.1 Å². The lowest BCUT2D eigenvalue weighted by molar-refractivity contribution is -0.135. The molecule has 6 nitrogen and oxygen atoms in total. The minimum atomic E-state index is -0.163. The van der Waals surface area contributed by atoms with Gasteiger partial charge in [0.15, 0.2) is 5.11 Å². The van der Waals surface area contributed by atoms with E-state index < -0.39 is 0 Å². The fourth-order valence-corrected chi connectivity index (χ4v) is 4.58. The Morgan fingerprint density at radius 2 is 2.17 bits per heavy atom. The van der Waals surface area contributed by atoms with E-state index in [1.54, 1.807) is 13.1 Å². The molecule has 0 unspecified atom stereocenters. The molecule has 2 aliphatic heterocycles. The third-order valence-electron chi connectivity index (χ3n) is 5.68. The van der Waals surface area contributed by atoms with Gasteiger partial charge >= 0.3 is 0 Å². The van der Waals surface area contributed by atoms with Crippen molar-refractivity contribution in [3.63, 3.8) is 0 Å². The van der Waals surface area contributed by atoms with E-state index in [4.69, 9.17) is 12.2 Å². The van der Waals surface area contributed by atoms with Crippen LogP contribution >= 0.6 is 28.1 Å². The molecular formula is C21H23BrN4O2S. The van der Waals surface area contributed by atoms with Crippen LogP contribution in [0.25, 0.3) is 17.0 Å². The number of benzene rings is 1. The Morgan fingerprint density at radius 1 is 1.38 bits per heavy atom. The first-order chi connectivity index (χ1) is 13.8. The number of fused-ring (bicyclic) bond motifs is 1. The Balaban J connectivity index is 1.70. The van der Waals surface area contributed by atoms with Crippen molar-refractivity contribution in [2.24, 2.45) is 0 Å². The van der Waals surface area contributed by atoms with Crippen LogP contribution in [0.1, 0.15) is 31.7 Å². The molecule has 8 heteroatoms. The molecule has 152 valence electrons. The van der Waals surface area contributed by atoms with Gasteiger partial charge in [0.1, 0.15) is 12.2 Å². The highest BCUT2D eigenvalue weighted by molar-refractivity contribution is 9.10. The number of rotatable bonds is 3. The summed E-state index contributed by atoms with van der Waals surface area (Å²) >= 11 is 8.69. The first-order valence-electron chi connectivity index (χ1n) is 9.74. The minimum absolute atomic E-state index is 0.132. The van der Waals surface area contributed by atoms with Crippen LogP contribution in [0, 0.1) is 0 Å². The molecule has 0 spiro atoms. The Labute approximate surface area is 183 Å². The molecule has 2 fully saturated rings. The van der Waals surface area contributed by atoms with E-state index in [1.165, 1.54) is 11.3 Å². The van der Waals surface area contributed by atoms with Crippen molar-refractivity contribution >= 4 is 62.1 Å². The lowest BCUT2D eigenvalue weighted by Gasteiger charge is -2.33. The van der Waals surface area contributed by atoms with Gasteiger partial charge in [0.25, 0.3) is 5.91 Å². The number of nitrogens with one attached hydrogen (secondary N) is 1. The van der Waals surface area contributed by atoms with Gasteiger partial charge in [-0.1, -0.05) is 15.9 Å². The van der Waals surface area contributed by atoms with Gasteiger partial charge in [-0.3, -0.25) is 14.5 Å². The predicted molar refractivity (Wildman–Crippen MR) is 121 cm³/mol. The standard InChI is InChI=1S/C21H23BrN4O2S/c1-13-5-3-4-8-26(13)19(27)12-25-11-14(16-10-15(22)6-7-18(16)25)9-17-20(28)24(2)21(29)23-17/h6-7,9-11,13H,3-5,8,12H2,1-2H3,(H,23,29)/b17-9-/t13-/m0/s1. The molecule has 2 amide bonds. The summed E-state index contributed by atoms with van der Waals surface area (Å²) in [5, 5.41) is 4.32. The second-order valence-electron chi connectivity index (χ2n) is 7.66. The summed E-state index contributed by atoms with van der Waals surface area (Å²) in [4.78, 5) is 28.8. The smallest absolute Gasteiger partial charge is 0.276 e. The third kappa shape index (κ3) is 3.83. The van der Waals surface area contributed by atoms with Crippen molar-refractivity contribution in [2.45, 2.75) is 38.8 Å². The molecule has 0 aliphatic carbocycles. The van der Waals surface area contributed by atoms with E-state index in [2.05, 4.69) is 28.2 Å². The van der Waals surface area contributed by atoms with E-state index in [9.17, 15) is 9.59 Å². The zero-order chi connectivity index (χ0) is 20.7. The van der Waals surface area contributed by atoms with Gasteiger partial charge < -0.3 is 14.8 Å². The van der Waals surface area contributed by atoms with E-state index in [1.807, 2.05) is 33.9 Å². The molecule has 1 aromatic carbocycles.